The van der Waals surface area contributed by atoms with Crippen molar-refractivity contribution in [3.05, 3.63) is 216 Å². The molecule has 2 nitrogen and oxygen atoms in total. The maximum atomic E-state index is 5.32. The lowest BCUT2D eigenvalue weighted by molar-refractivity contribution is 0.660. The maximum Gasteiger partial charge on any atom is 0.160 e. The van der Waals surface area contributed by atoms with Gasteiger partial charge in [0, 0.05) is 27.5 Å². The minimum Gasteiger partial charge on any atom is -0.228 e. The first kappa shape index (κ1) is 36.4. The van der Waals surface area contributed by atoms with Crippen LogP contribution in [0.3, 0.4) is 0 Å². The highest BCUT2D eigenvalue weighted by molar-refractivity contribution is 5.99. The molecule has 0 atom stereocenters. The van der Waals surface area contributed by atoms with Gasteiger partial charge in [0.25, 0.3) is 0 Å². The predicted octanol–water partition coefficient (Wildman–Crippen LogP) is 15.7. The average molecular weight is 793 g/mol. The molecule has 2 aliphatic carbocycles. The molecular weight excluding hydrogens is 749 g/mol. The van der Waals surface area contributed by atoms with Gasteiger partial charge in [0.05, 0.1) is 11.4 Å². The fourth-order valence-corrected chi connectivity index (χ4v) is 10.5. The van der Waals surface area contributed by atoms with Crippen molar-refractivity contribution in [1.82, 2.24) is 9.97 Å². The van der Waals surface area contributed by atoms with E-state index >= 15 is 0 Å². The van der Waals surface area contributed by atoms with E-state index in [0.29, 0.717) is 0 Å². The smallest absolute Gasteiger partial charge is 0.160 e. The van der Waals surface area contributed by atoms with E-state index in [1.54, 1.807) is 0 Å². The van der Waals surface area contributed by atoms with Crippen molar-refractivity contribution in [2.75, 3.05) is 0 Å². The number of rotatable bonds is 5. The lowest BCUT2D eigenvalue weighted by Gasteiger charge is -2.22. The van der Waals surface area contributed by atoms with Crippen molar-refractivity contribution >= 4 is 21.5 Å². The predicted molar refractivity (Wildman–Crippen MR) is 259 cm³/mol. The Morgan fingerprint density at radius 2 is 0.806 bits per heavy atom. The van der Waals surface area contributed by atoms with Gasteiger partial charge in [0.1, 0.15) is 0 Å². The van der Waals surface area contributed by atoms with Gasteiger partial charge in [0.2, 0.25) is 0 Å². The Balaban J connectivity index is 0.949. The third kappa shape index (κ3) is 5.56. The summed E-state index contributed by atoms with van der Waals surface area (Å²) in [4.78, 5) is 10.6. The zero-order chi connectivity index (χ0) is 41.7. The van der Waals surface area contributed by atoms with Crippen LogP contribution in [0.25, 0.3) is 100.0 Å². The van der Waals surface area contributed by atoms with E-state index in [2.05, 4.69) is 216 Å². The molecule has 0 fully saturated rings. The Hall–Kier alpha value is -7.42. The van der Waals surface area contributed by atoms with E-state index in [0.717, 1.165) is 33.9 Å². The zero-order valence-corrected chi connectivity index (χ0v) is 35.4. The van der Waals surface area contributed by atoms with Crippen molar-refractivity contribution < 1.29 is 0 Å². The van der Waals surface area contributed by atoms with Crippen LogP contribution in [0.5, 0.6) is 0 Å². The summed E-state index contributed by atoms with van der Waals surface area (Å²) in [6.45, 7) is 9.44. The van der Waals surface area contributed by atoms with Crippen LogP contribution < -0.4 is 0 Å². The summed E-state index contributed by atoms with van der Waals surface area (Å²) in [5, 5.41) is 4.90. The molecule has 62 heavy (non-hydrogen) atoms. The molecule has 0 saturated carbocycles. The van der Waals surface area contributed by atoms with E-state index in [4.69, 9.17) is 9.97 Å². The second-order valence-corrected chi connectivity index (χ2v) is 18.2. The van der Waals surface area contributed by atoms with Crippen LogP contribution in [0.1, 0.15) is 49.9 Å². The molecule has 294 valence electrons. The Kier molecular flexibility index (Phi) is 7.96. The van der Waals surface area contributed by atoms with Gasteiger partial charge in [-0.1, -0.05) is 185 Å². The number of fused-ring (bicyclic) bond motifs is 8. The van der Waals surface area contributed by atoms with Gasteiger partial charge in [0.15, 0.2) is 5.82 Å². The lowest BCUT2D eigenvalue weighted by Crippen LogP contribution is -2.15. The third-order valence-electron chi connectivity index (χ3n) is 13.9. The van der Waals surface area contributed by atoms with Gasteiger partial charge >= 0.3 is 0 Å². The first-order valence-electron chi connectivity index (χ1n) is 21.7. The van der Waals surface area contributed by atoms with Crippen molar-refractivity contribution in [2.45, 2.75) is 38.5 Å². The van der Waals surface area contributed by atoms with Gasteiger partial charge in [-0.25, -0.2) is 9.97 Å². The topological polar surface area (TPSA) is 25.8 Å². The molecule has 2 aliphatic rings. The normalized spacial score (nSPS) is 14.1. The van der Waals surface area contributed by atoms with E-state index in [1.807, 2.05) is 6.07 Å². The minimum atomic E-state index is -0.146. The maximum absolute atomic E-state index is 5.32. The molecule has 0 bridgehead atoms. The number of hydrogen-bond donors (Lipinski definition) is 0. The fraction of sp³-hybridized carbons (Fsp3) is 0.100. The lowest BCUT2D eigenvalue weighted by atomic mass is 9.81. The van der Waals surface area contributed by atoms with E-state index in [-0.39, 0.29) is 10.8 Å². The Labute approximate surface area is 363 Å². The molecule has 12 rings (SSSR count). The Morgan fingerprint density at radius 3 is 1.52 bits per heavy atom. The Bertz CT molecular complexity index is 3450. The molecule has 2 heteroatoms. The summed E-state index contributed by atoms with van der Waals surface area (Å²) in [6.07, 6.45) is 0. The summed E-state index contributed by atoms with van der Waals surface area (Å²) in [7, 11) is 0. The van der Waals surface area contributed by atoms with Gasteiger partial charge in [-0.15, -0.1) is 0 Å². The third-order valence-corrected chi connectivity index (χ3v) is 13.9. The van der Waals surface area contributed by atoms with Crippen LogP contribution in [0, 0.1) is 0 Å². The average Bonchev–Trinajstić information content (AvgIpc) is 3.69. The van der Waals surface area contributed by atoms with Crippen LogP contribution >= 0.6 is 0 Å². The van der Waals surface area contributed by atoms with Crippen molar-refractivity contribution in [3.63, 3.8) is 0 Å². The molecule has 9 aromatic carbocycles. The molecular formula is C60H44N2. The van der Waals surface area contributed by atoms with E-state index < -0.39 is 0 Å². The fourth-order valence-electron chi connectivity index (χ4n) is 10.5. The molecule has 0 spiro atoms. The second kappa shape index (κ2) is 13.5. The number of benzene rings is 9. The van der Waals surface area contributed by atoms with Gasteiger partial charge in [-0.05, 0) is 125 Å². The molecule has 1 aromatic heterocycles. The molecule has 10 aromatic rings. The largest absolute Gasteiger partial charge is 0.228 e. The van der Waals surface area contributed by atoms with Gasteiger partial charge < -0.3 is 0 Å². The van der Waals surface area contributed by atoms with Crippen LogP contribution in [0.15, 0.2) is 194 Å². The van der Waals surface area contributed by atoms with Crippen LogP contribution in [-0.2, 0) is 10.8 Å². The number of aromatic nitrogens is 2. The van der Waals surface area contributed by atoms with Crippen molar-refractivity contribution in [1.29, 1.82) is 0 Å². The monoisotopic (exact) mass is 792 g/mol. The highest BCUT2D eigenvalue weighted by atomic mass is 14.9. The van der Waals surface area contributed by atoms with Gasteiger partial charge in [-0.3, -0.25) is 0 Å². The van der Waals surface area contributed by atoms with Gasteiger partial charge in [-0.2, -0.15) is 0 Å². The number of nitrogens with zero attached hydrogens (tertiary/aromatic N) is 2. The van der Waals surface area contributed by atoms with Crippen LogP contribution in [-0.4, -0.2) is 9.97 Å². The summed E-state index contributed by atoms with van der Waals surface area (Å²) < 4.78 is 0. The second-order valence-electron chi connectivity index (χ2n) is 18.2. The van der Waals surface area contributed by atoms with E-state index in [1.165, 1.54) is 88.3 Å². The molecule has 0 N–H and O–H groups in total. The summed E-state index contributed by atoms with van der Waals surface area (Å²) in [5.41, 5.74) is 20.5. The highest BCUT2D eigenvalue weighted by Crippen LogP contribution is 2.54. The SMILES string of the molecule is CC1(C)c2cc(-c3ccc4cc(-c5cc(-c6cccc7c6-c6cc8ccccc8cc6C7(C)C)nc(-c6ccccc6)n5)ccc4c3)ccc2-c2c(-c3ccccc3)cccc21. The zero-order valence-electron chi connectivity index (χ0n) is 35.4. The summed E-state index contributed by atoms with van der Waals surface area (Å²) in [5.74, 6) is 0.722. The van der Waals surface area contributed by atoms with Crippen molar-refractivity contribution in [3.8, 4) is 78.4 Å². The van der Waals surface area contributed by atoms with Crippen LogP contribution in [0.2, 0.25) is 0 Å². The molecule has 1 heterocycles. The minimum absolute atomic E-state index is 0.111. The molecule has 0 saturated heterocycles. The van der Waals surface area contributed by atoms with Crippen LogP contribution in [0.4, 0.5) is 0 Å². The first-order valence-corrected chi connectivity index (χ1v) is 21.7. The molecule has 0 radical (unpaired) electrons. The summed E-state index contributed by atoms with van der Waals surface area (Å²) in [6, 6.07) is 71.1. The molecule has 0 unspecified atom stereocenters. The van der Waals surface area contributed by atoms with Crippen molar-refractivity contribution in [2.24, 2.45) is 0 Å². The number of hydrogen-bond acceptors (Lipinski definition) is 2. The highest BCUT2D eigenvalue weighted by Gasteiger charge is 2.38. The first-order chi connectivity index (χ1) is 30.2. The quantitative estimate of drug-likeness (QED) is 0.173. The molecule has 0 amide bonds. The standard InChI is InChI=1S/C60H44N2/c1-59(2)50-23-13-21-46(37-15-7-5-8-16-37)56(50)47-30-29-44(35-52(47)59)42-25-26-43-32-45(28-27-41(43)31-42)54-36-55(62-58(61-54)38-17-9-6-10-18-38)48-22-14-24-51-57(48)49-33-39-19-11-12-20-40(39)34-53(49)60(51,3)4/h5-36H,1-4H3. The van der Waals surface area contributed by atoms with E-state index in [9.17, 15) is 0 Å². The summed E-state index contributed by atoms with van der Waals surface area (Å²) >= 11 is 0. The molecule has 0 aliphatic heterocycles. The Morgan fingerprint density at radius 1 is 0.290 bits per heavy atom.